The third-order valence-electron chi connectivity index (χ3n) is 25.5. The van der Waals surface area contributed by atoms with E-state index in [1.54, 1.807) is 59.4 Å². The fourth-order valence-corrected chi connectivity index (χ4v) is 21.0. The molecule has 618 valence electrons. The van der Waals surface area contributed by atoms with Gasteiger partial charge in [0.25, 0.3) is 5.91 Å². The number of nitrogens with zero attached hydrogens (tertiary/aromatic N) is 2. The van der Waals surface area contributed by atoms with E-state index < -0.39 is 136 Å². The number of aliphatic hydroxyl groups excluding tert-OH is 1. The van der Waals surface area contributed by atoms with E-state index in [1.807, 2.05) is 27.7 Å². The van der Waals surface area contributed by atoms with Gasteiger partial charge in [-0.2, -0.15) is 0 Å². The molecule has 108 heavy (non-hydrogen) atoms. The molecule has 0 radical (unpaired) electrons. The highest BCUT2D eigenvalue weighted by atomic mass is 32.2. The molecule has 0 spiro atoms. The normalized spacial score (nSPS) is 25.4. The standard InChI is InChI=1S/C39H64FN5O7S.C29H49N3O6S.C11H20FNO2.CH4/c1-8-23-41-33(48)30(46)27(17-11-16-22-40)42-32(47)29-28-26(37(28,5)6)24-45(29)34(49)31(38(7)18-12-9-13-19-38)43-35(50)44-39(20-14-10-15-21-39)25-53(51,52)36(2,3)4;1-26(2,3)39(37,38)18-29(15-11-8-12-16-29)31-25(36)30-22(28(6)13-9-7-10-14-28)23(33)32-17-19-20(27(19,4)5)21(32)24(34)35;1-3-8-13-11(15)10(14)9(2)6-4-5-7-12;/h8,26-29,31H,1,9-25H2,2-7H3,(H,41,48)(H,42,47)(H2,43,44,50);19-22H,7-18H2,1-6H3,(H,34,35)(H2,30,31,36);3,9-10,14H,1,4-8H2,2H3,(H,13,15);1H4/t26-,27-,28-,29-,31+;19-,20-,21-,22+;;/m00../s1. The SMILES string of the molecule is C.C=CCNC(=O)C(=O)[C@H](CCCCF)NC(=O)[C@@H]1[C@@H]2[C@H](CN1C(=O)[C@@H](NC(=O)NC1(CS(=O)(=O)C(C)(C)C)CCCCC1)C1(C)CCCCC1)C2(C)C.C=CCNC(=O)C(O)C(C)CCCCF.CC1([C@H](NC(=O)NC2(CS(=O)(=O)C(C)(C)C)CCCCC2)C(=O)N2C[C@H]3[C@@H]([C@H]2C(=O)O)C3(C)C)CCCCC1. The molecule has 6 saturated carbocycles. The molecule has 8 fully saturated rings. The second-order valence-electron chi connectivity index (χ2n) is 36.3. The van der Waals surface area contributed by atoms with E-state index in [1.165, 1.54) is 11.0 Å². The first-order valence-electron chi connectivity index (χ1n) is 39.7. The zero-order valence-corrected chi connectivity index (χ0v) is 68.3. The summed E-state index contributed by atoms with van der Waals surface area (Å²) in [7, 11) is -7.09. The Kier molecular flexibility index (Phi) is 32.8. The van der Waals surface area contributed by atoms with Crippen molar-refractivity contribution in [1.29, 1.82) is 0 Å². The topological polar surface area (TPSA) is 353 Å². The summed E-state index contributed by atoms with van der Waals surface area (Å²) in [5.74, 6) is -5.00. The predicted octanol–water partition coefficient (Wildman–Crippen LogP) is 10.7. The van der Waals surface area contributed by atoms with Crippen LogP contribution in [0.2, 0.25) is 0 Å². The number of carbonyl (C=O) groups is 9. The van der Waals surface area contributed by atoms with Gasteiger partial charge in [0.05, 0.1) is 51.5 Å². The maximum atomic E-state index is 14.9. The van der Waals surface area contributed by atoms with Gasteiger partial charge in [-0.3, -0.25) is 37.5 Å². The van der Waals surface area contributed by atoms with E-state index in [0.29, 0.717) is 77.4 Å². The minimum Gasteiger partial charge on any atom is -0.480 e. The number of unbranched alkanes of at least 4 members (excludes halogenated alkanes) is 2. The number of likely N-dealkylation sites (tertiary alicyclic amines) is 2. The van der Waals surface area contributed by atoms with Crippen molar-refractivity contribution in [2.45, 2.75) is 321 Å². The molecular weight excluding hydrogens is 1430 g/mol. The molecule has 2 saturated heterocycles. The van der Waals surface area contributed by atoms with Gasteiger partial charge in [-0.05, 0) is 170 Å². The number of aliphatic hydroxyl groups is 1. The van der Waals surface area contributed by atoms with Crippen LogP contribution in [-0.2, 0) is 53.2 Å². The Bertz CT molecular complexity index is 3370. The van der Waals surface area contributed by atoms with Crippen LogP contribution in [-0.4, -0.2) is 198 Å². The van der Waals surface area contributed by atoms with E-state index in [2.05, 4.69) is 64.2 Å². The number of piperidine rings is 2. The maximum absolute atomic E-state index is 14.9. The van der Waals surface area contributed by atoms with E-state index in [0.717, 1.165) is 89.9 Å². The first-order chi connectivity index (χ1) is 49.8. The molecule has 0 aromatic carbocycles. The molecule has 8 aliphatic rings. The number of amides is 9. The highest BCUT2D eigenvalue weighted by Crippen LogP contribution is 2.66. The third-order valence-corrected chi connectivity index (χ3v) is 31.1. The molecule has 0 aromatic rings. The van der Waals surface area contributed by atoms with Crippen LogP contribution >= 0.6 is 0 Å². The number of fused-ring (bicyclic) bond motifs is 2. The van der Waals surface area contributed by atoms with Crippen LogP contribution in [0.1, 0.15) is 264 Å². The molecule has 11 atom stereocenters. The Morgan fingerprint density at radius 2 is 0.898 bits per heavy atom. The van der Waals surface area contributed by atoms with Crippen molar-refractivity contribution in [2.24, 2.45) is 51.2 Å². The van der Waals surface area contributed by atoms with Crippen molar-refractivity contribution in [2.75, 3.05) is 51.0 Å². The van der Waals surface area contributed by atoms with Crippen molar-refractivity contribution >= 4 is 73.0 Å². The number of halogens is 2. The van der Waals surface area contributed by atoms with Crippen LogP contribution < -0.4 is 37.2 Å². The summed E-state index contributed by atoms with van der Waals surface area (Å²) in [5.41, 5.74) is -3.36. The molecular formula is C80H137F2N9O15S2. The van der Waals surface area contributed by atoms with E-state index in [-0.39, 0.29) is 104 Å². The van der Waals surface area contributed by atoms with Gasteiger partial charge in [0, 0.05) is 32.1 Å². The Hall–Kier alpha value is -5.77. The zero-order valence-electron chi connectivity index (χ0n) is 66.6. The summed E-state index contributed by atoms with van der Waals surface area (Å²) in [4.78, 5) is 123. The summed E-state index contributed by atoms with van der Waals surface area (Å²) >= 11 is 0. The number of nitrogens with one attached hydrogen (secondary N) is 7. The lowest BCUT2D eigenvalue weighted by atomic mass is 9.70. The smallest absolute Gasteiger partial charge is 0.326 e. The lowest BCUT2D eigenvalue weighted by Crippen LogP contribution is -2.65. The molecule has 0 bridgehead atoms. The van der Waals surface area contributed by atoms with Crippen molar-refractivity contribution in [3.63, 3.8) is 0 Å². The van der Waals surface area contributed by atoms with Crippen molar-refractivity contribution in [3.8, 4) is 0 Å². The van der Waals surface area contributed by atoms with Crippen LogP contribution in [0.4, 0.5) is 18.4 Å². The van der Waals surface area contributed by atoms with Crippen molar-refractivity contribution in [1.82, 2.24) is 47.0 Å². The predicted molar refractivity (Wildman–Crippen MR) is 417 cm³/mol. The molecule has 2 heterocycles. The summed E-state index contributed by atoms with van der Waals surface area (Å²) < 4.78 is 76.2. The second-order valence-corrected chi connectivity index (χ2v) is 41.8. The third kappa shape index (κ3) is 22.8. The van der Waals surface area contributed by atoms with Crippen molar-refractivity contribution < 1.29 is 79.0 Å². The fraction of sp³-hybridized carbons (Fsp3) is 0.838. The molecule has 0 aromatic heterocycles. The molecule has 2 aliphatic heterocycles. The summed E-state index contributed by atoms with van der Waals surface area (Å²) in [6.07, 6.45) is 20.2. The van der Waals surface area contributed by atoms with Gasteiger partial charge in [-0.25, -0.2) is 31.2 Å². The lowest BCUT2D eigenvalue weighted by Gasteiger charge is -2.44. The minimum absolute atomic E-state index is 0. The molecule has 28 heteroatoms. The average Bonchev–Trinajstić information content (AvgIpc) is 1.53. The highest BCUT2D eigenvalue weighted by molar-refractivity contribution is 7.93. The van der Waals surface area contributed by atoms with E-state index >= 15 is 0 Å². The zero-order chi connectivity index (χ0) is 80.1. The quantitative estimate of drug-likeness (QED) is 0.0177. The molecule has 6 aliphatic carbocycles. The second kappa shape index (κ2) is 38.2. The largest absolute Gasteiger partial charge is 0.480 e. The first kappa shape index (κ1) is 92.8. The van der Waals surface area contributed by atoms with Crippen LogP contribution in [0, 0.1) is 51.2 Å². The lowest BCUT2D eigenvalue weighted by molar-refractivity contribution is -0.152. The summed E-state index contributed by atoms with van der Waals surface area (Å²) in [6.45, 7) is 31.2. The number of carboxylic acids is 1. The Morgan fingerprint density at radius 3 is 1.27 bits per heavy atom. The number of Topliss-reactive ketones (excluding diaryl/α,β-unsaturated/α-hetero) is 1. The van der Waals surface area contributed by atoms with Gasteiger partial charge in [0.1, 0.15) is 30.3 Å². The number of sulfone groups is 2. The molecule has 24 nitrogen and oxygen atoms in total. The molecule has 9 N–H and O–H groups in total. The number of rotatable bonds is 31. The van der Waals surface area contributed by atoms with Gasteiger partial charge in [0.2, 0.25) is 29.4 Å². The Labute approximate surface area is 644 Å². The number of alkyl halides is 2. The molecule has 9 amide bonds. The highest BCUT2D eigenvalue weighted by Gasteiger charge is 2.71. The Morgan fingerprint density at radius 1 is 0.537 bits per heavy atom. The summed E-state index contributed by atoms with van der Waals surface area (Å²) in [5, 5.41) is 39.5. The van der Waals surface area contributed by atoms with Gasteiger partial charge in [-0.15, -0.1) is 13.2 Å². The number of carboxylic acid groups (broad SMARTS) is 1. The number of carbonyl (C=O) groups excluding carboxylic acids is 8. The maximum Gasteiger partial charge on any atom is 0.326 e. The number of aliphatic carboxylic acids is 1. The summed E-state index contributed by atoms with van der Waals surface area (Å²) in [6, 6.07) is -6.05. The average molecular weight is 1570 g/mol. The van der Waals surface area contributed by atoms with E-state index in [4.69, 9.17) is 0 Å². The van der Waals surface area contributed by atoms with Crippen LogP contribution in [0.25, 0.3) is 0 Å². The number of hydrogen-bond donors (Lipinski definition) is 9. The van der Waals surface area contributed by atoms with Gasteiger partial charge in [0.15, 0.2) is 19.7 Å². The molecule has 2 unspecified atom stereocenters. The Balaban J connectivity index is 0.000000332. The van der Waals surface area contributed by atoms with Crippen molar-refractivity contribution in [3.05, 3.63) is 25.3 Å². The first-order valence-corrected chi connectivity index (χ1v) is 43.0. The number of urea groups is 2. The van der Waals surface area contributed by atoms with Gasteiger partial charge in [-0.1, -0.05) is 152 Å². The minimum atomic E-state index is -3.59. The van der Waals surface area contributed by atoms with E-state index in [9.17, 15) is 79.0 Å². The van der Waals surface area contributed by atoms with Crippen LogP contribution in [0.5, 0.6) is 0 Å². The molecule has 8 rings (SSSR count). The monoisotopic (exact) mass is 1570 g/mol. The van der Waals surface area contributed by atoms with Crippen LogP contribution in [0.15, 0.2) is 25.3 Å². The van der Waals surface area contributed by atoms with Crippen LogP contribution in [0.3, 0.4) is 0 Å². The number of hydrogen-bond acceptors (Lipinski definition) is 14. The number of ketones is 1. The van der Waals surface area contributed by atoms with Gasteiger partial charge >= 0.3 is 18.0 Å². The fourth-order valence-electron chi connectivity index (χ4n) is 18.0. The van der Waals surface area contributed by atoms with Gasteiger partial charge < -0.3 is 57.2 Å².